The summed E-state index contributed by atoms with van der Waals surface area (Å²) in [6.45, 7) is 0. The van der Waals surface area contributed by atoms with E-state index in [0.717, 1.165) is 0 Å². The largest absolute Gasteiger partial charge is 0.374 e. The first-order chi connectivity index (χ1) is 3.80. The number of hydrogen-bond acceptors (Lipinski definition) is 3. The summed E-state index contributed by atoms with van der Waals surface area (Å²) in [4.78, 5) is 3.63. The van der Waals surface area contributed by atoms with Gasteiger partial charge in [0.15, 0.2) is 5.11 Å². The van der Waals surface area contributed by atoms with Crippen LogP contribution in [0.15, 0.2) is 12.7 Å². The smallest absolute Gasteiger partial charge is 0.192 e. The molecule has 0 aliphatic rings. The van der Waals surface area contributed by atoms with Crippen LogP contribution in [-0.2, 0) is 0 Å². The zero-order chi connectivity index (χ0) is 5.98. The van der Waals surface area contributed by atoms with Crippen molar-refractivity contribution in [1.82, 2.24) is 14.8 Å². The highest BCUT2D eigenvalue weighted by atomic mass is 32.1. The number of nitrogens with zero attached hydrogens (tertiary/aromatic N) is 3. The molecular weight excluding hydrogens is 124 g/mol. The van der Waals surface area contributed by atoms with Crippen LogP contribution in [-0.4, -0.2) is 19.9 Å². The Morgan fingerprint density at radius 1 is 1.75 bits per heavy atom. The average molecular weight is 128 g/mol. The van der Waals surface area contributed by atoms with Crippen molar-refractivity contribution in [1.29, 1.82) is 0 Å². The molecule has 0 atom stereocenters. The third-order valence-corrected chi connectivity index (χ3v) is 0.832. The Balaban J connectivity index is 2.93. The van der Waals surface area contributed by atoms with E-state index in [-0.39, 0.29) is 5.11 Å². The first kappa shape index (κ1) is 5.17. The highest BCUT2D eigenvalue weighted by molar-refractivity contribution is 7.80. The lowest BCUT2D eigenvalue weighted by Crippen LogP contribution is -2.19. The van der Waals surface area contributed by atoms with Crippen LogP contribution in [0.5, 0.6) is 0 Å². The molecule has 0 fully saturated rings. The molecule has 0 aliphatic carbocycles. The maximum Gasteiger partial charge on any atom is 0.192 e. The molecule has 5 heteroatoms. The molecule has 1 aromatic heterocycles. The lowest BCUT2D eigenvalue weighted by molar-refractivity contribution is 0.939. The number of nitrogens with two attached hydrogens (primary N) is 1. The van der Waals surface area contributed by atoms with Gasteiger partial charge >= 0.3 is 0 Å². The highest BCUT2D eigenvalue weighted by Gasteiger charge is 1.88. The zero-order valence-electron chi connectivity index (χ0n) is 3.98. The highest BCUT2D eigenvalue weighted by Crippen LogP contribution is 1.73. The van der Waals surface area contributed by atoms with Gasteiger partial charge in [0.25, 0.3) is 0 Å². The van der Waals surface area contributed by atoms with Crippen LogP contribution in [0, 0.1) is 0 Å². The summed E-state index contributed by atoms with van der Waals surface area (Å²) < 4.78 is 1.31. The zero-order valence-corrected chi connectivity index (χ0v) is 4.80. The van der Waals surface area contributed by atoms with E-state index in [1.807, 2.05) is 0 Å². The van der Waals surface area contributed by atoms with Gasteiger partial charge in [0, 0.05) is 0 Å². The first-order valence-electron chi connectivity index (χ1n) is 1.95. The molecule has 0 radical (unpaired) electrons. The van der Waals surface area contributed by atoms with Crippen LogP contribution in [0.3, 0.4) is 0 Å². The van der Waals surface area contributed by atoms with E-state index in [2.05, 4.69) is 22.3 Å². The molecule has 8 heavy (non-hydrogen) atoms. The van der Waals surface area contributed by atoms with Crippen LogP contribution in [0.25, 0.3) is 0 Å². The lowest BCUT2D eigenvalue weighted by Gasteiger charge is -1.89. The Labute approximate surface area is 51.3 Å². The minimum Gasteiger partial charge on any atom is -0.374 e. The summed E-state index contributed by atoms with van der Waals surface area (Å²) in [6.07, 6.45) is 2.82. The van der Waals surface area contributed by atoms with E-state index in [9.17, 15) is 0 Å². The van der Waals surface area contributed by atoms with Crippen molar-refractivity contribution in [3.63, 3.8) is 0 Å². The summed E-state index contributed by atoms with van der Waals surface area (Å²) in [5, 5.41) is 3.87. The van der Waals surface area contributed by atoms with E-state index in [0.29, 0.717) is 0 Å². The van der Waals surface area contributed by atoms with Crippen molar-refractivity contribution < 1.29 is 0 Å². The molecule has 0 aromatic carbocycles. The van der Waals surface area contributed by atoms with Gasteiger partial charge in [-0.15, -0.1) is 0 Å². The average Bonchev–Trinajstić information content (AvgIpc) is 2.12. The number of hydrogen-bond donors (Lipinski definition) is 1. The van der Waals surface area contributed by atoms with Crippen molar-refractivity contribution in [2.75, 3.05) is 0 Å². The molecule has 0 aliphatic heterocycles. The molecule has 1 rings (SSSR count). The quantitative estimate of drug-likeness (QED) is 0.473. The second-order valence-corrected chi connectivity index (χ2v) is 1.60. The Hall–Kier alpha value is -0.970. The van der Waals surface area contributed by atoms with Gasteiger partial charge in [-0.25, -0.2) is 4.98 Å². The number of thiocarbonyl (C=S) groups is 1. The molecule has 4 nitrogen and oxygen atoms in total. The monoisotopic (exact) mass is 128 g/mol. The summed E-state index contributed by atoms with van der Waals surface area (Å²) in [5.41, 5.74) is 5.15. The van der Waals surface area contributed by atoms with Gasteiger partial charge in [-0.3, -0.25) is 0 Å². The third kappa shape index (κ3) is 0.812. The van der Waals surface area contributed by atoms with Gasteiger partial charge in [0.1, 0.15) is 12.7 Å². The van der Waals surface area contributed by atoms with Crippen LogP contribution in [0.4, 0.5) is 0 Å². The SMILES string of the molecule is NC(=S)n1cncn1. The molecule has 0 unspecified atom stereocenters. The van der Waals surface area contributed by atoms with Crippen LogP contribution >= 0.6 is 12.2 Å². The first-order valence-corrected chi connectivity index (χ1v) is 2.36. The van der Waals surface area contributed by atoms with E-state index < -0.39 is 0 Å². The van der Waals surface area contributed by atoms with Crippen molar-refractivity contribution in [2.45, 2.75) is 0 Å². The minimum absolute atomic E-state index is 0.211. The van der Waals surface area contributed by atoms with E-state index in [1.54, 1.807) is 0 Å². The summed E-state index contributed by atoms with van der Waals surface area (Å²) >= 11 is 4.55. The van der Waals surface area contributed by atoms with E-state index >= 15 is 0 Å². The topological polar surface area (TPSA) is 56.7 Å². The van der Waals surface area contributed by atoms with Crippen LogP contribution in [0.1, 0.15) is 0 Å². The van der Waals surface area contributed by atoms with Gasteiger partial charge in [-0.05, 0) is 12.2 Å². The molecule has 0 spiro atoms. The maximum atomic E-state index is 5.15. The minimum atomic E-state index is 0.211. The lowest BCUT2D eigenvalue weighted by atomic mass is 11.1. The van der Waals surface area contributed by atoms with Gasteiger partial charge < -0.3 is 5.73 Å². The Kier molecular flexibility index (Phi) is 1.21. The van der Waals surface area contributed by atoms with E-state index in [1.165, 1.54) is 17.3 Å². The Morgan fingerprint density at radius 2 is 2.50 bits per heavy atom. The predicted molar refractivity (Wildman–Crippen MR) is 32.2 cm³/mol. The fourth-order valence-electron chi connectivity index (χ4n) is 0.322. The van der Waals surface area contributed by atoms with Gasteiger partial charge in [0.2, 0.25) is 0 Å². The van der Waals surface area contributed by atoms with Crippen LogP contribution in [0.2, 0.25) is 0 Å². The standard InChI is InChI=1S/C3H4N4S/c4-3(8)7-2-5-1-6-7/h1-2H,(H2,4,8). The Bertz CT molecular complexity index is 179. The van der Waals surface area contributed by atoms with Gasteiger partial charge in [-0.1, -0.05) is 0 Å². The van der Waals surface area contributed by atoms with Crippen molar-refractivity contribution in [3.05, 3.63) is 12.7 Å². The molecule has 2 N–H and O–H groups in total. The summed E-state index contributed by atoms with van der Waals surface area (Å²) in [6, 6.07) is 0. The molecule has 0 amide bonds. The maximum absolute atomic E-state index is 5.15. The molecule has 0 saturated carbocycles. The second kappa shape index (κ2) is 1.87. The molecule has 0 saturated heterocycles. The van der Waals surface area contributed by atoms with Gasteiger partial charge in [0.05, 0.1) is 0 Å². The van der Waals surface area contributed by atoms with Gasteiger partial charge in [-0.2, -0.15) is 9.78 Å². The van der Waals surface area contributed by atoms with Crippen molar-refractivity contribution in [3.8, 4) is 0 Å². The fraction of sp³-hybridized carbons (Fsp3) is 0. The predicted octanol–water partition coefficient (Wildman–Crippen LogP) is -0.630. The Morgan fingerprint density at radius 3 is 2.75 bits per heavy atom. The van der Waals surface area contributed by atoms with Crippen molar-refractivity contribution in [2.24, 2.45) is 5.73 Å². The van der Waals surface area contributed by atoms with Crippen molar-refractivity contribution >= 4 is 17.3 Å². The molecule has 0 bridgehead atoms. The van der Waals surface area contributed by atoms with Crippen LogP contribution < -0.4 is 5.73 Å². The summed E-state index contributed by atoms with van der Waals surface area (Å²) in [5.74, 6) is 0. The fourth-order valence-corrected chi connectivity index (χ4v) is 0.416. The normalized spacial score (nSPS) is 9.00. The number of rotatable bonds is 0. The second-order valence-electron chi connectivity index (χ2n) is 1.18. The molecule has 1 aromatic rings. The third-order valence-electron chi connectivity index (χ3n) is 0.645. The molecule has 42 valence electrons. The summed E-state index contributed by atoms with van der Waals surface area (Å²) in [7, 11) is 0. The van der Waals surface area contributed by atoms with E-state index in [4.69, 9.17) is 5.73 Å². The number of aromatic nitrogens is 3. The molecule has 1 heterocycles. The molecular formula is C3H4N4S.